The van der Waals surface area contributed by atoms with E-state index in [1.165, 1.54) is 55.5 Å². The molecule has 0 bridgehead atoms. The quantitative estimate of drug-likeness (QED) is 0.209. The summed E-state index contributed by atoms with van der Waals surface area (Å²) in [7, 11) is -3.43. The molecule has 1 amide bonds. The van der Waals surface area contributed by atoms with Gasteiger partial charge in [0.15, 0.2) is 9.84 Å². The number of anilines is 1. The number of nitriles is 1. The summed E-state index contributed by atoms with van der Waals surface area (Å²) in [5.41, 5.74) is 0.490. The van der Waals surface area contributed by atoms with Crippen molar-refractivity contribution in [3.8, 4) is 11.8 Å². The topological polar surface area (TPSA) is 109 Å². The van der Waals surface area contributed by atoms with Crippen LogP contribution in [0, 0.1) is 11.3 Å². The van der Waals surface area contributed by atoms with Gasteiger partial charge in [-0.05, 0) is 72.6 Å². The maximum atomic E-state index is 13.1. The van der Waals surface area contributed by atoms with Crippen molar-refractivity contribution in [2.75, 3.05) is 23.8 Å². The minimum Gasteiger partial charge on any atom is -0.489 e. The van der Waals surface area contributed by atoms with Crippen LogP contribution in [0.15, 0.2) is 77.7 Å². The van der Waals surface area contributed by atoms with Gasteiger partial charge in [0.25, 0.3) is 5.91 Å². The summed E-state index contributed by atoms with van der Waals surface area (Å²) < 4.78 is 111. The molecule has 3 aromatic carbocycles. The van der Waals surface area contributed by atoms with Gasteiger partial charge in [-0.25, -0.2) is 8.42 Å². The van der Waals surface area contributed by atoms with Gasteiger partial charge in [0.2, 0.25) is 0 Å². The maximum absolute atomic E-state index is 13.1. The van der Waals surface area contributed by atoms with E-state index in [0.717, 1.165) is 12.1 Å². The lowest BCUT2D eigenvalue weighted by Gasteiger charge is -2.27. The lowest BCUT2D eigenvalue weighted by Crippen LogP contribution is -2.32. The molecule has 1 aliphatic heterocycles. The first-order chi connectivity index (χ1) is 22.1. The van der Waals surface area contributed by atoms with Crippen LogP contribution in [-0.4, -0.2) is 51.7 Å². The largest absolute Gasteiger partial charge is 0.522 e. The average Bonchev–Trinajstić information content (AvgIpc) is 3.42. The highest BCUT2D eigenvalue weighted by atomic mass is 32.2. The fourth-order valence-corrected chi connectivity index (χ4v) is 6.12. The molecule has 1 aliphatic rings. The van der Waals surface area contributed by atoms with Gasteiger partial charge in [-0.1, -0.05) is 19.1 Å². The zero-order valence-electron chi connectivity index (χ0n) is 25.0. The number of sulfone groups is 1. The van der Waals surface area contributed by atoms with Gasteiger partial charge in [-0.2, -0.15) is 18.4 Å². The normalized spacial score (nSPS) is 17.6. The SMILES string of the molecule is CCS(=O)(=O)c1ccc(C(CC#N)NC(=O)c2ccc(N3C[C@@H](Oc4ccc(C(F)(F)F)cc4)C[C@H]3CCOC(F)(F)F)cc2)cc1. The summed E-state index contributed by atoms with van der Waals surface area (Å²) in [4.78, 5) is 15.0. The lowest BCUT2D eigenvalue weighted by atomic mass is 10.0. The molecule has 1 unspecified atom stereocenters. The Balaban J connectivity index is 1.47. The Labute approximate surface area is 267 Å². The Kier molecular flexibility index (Phi) is 11.1. The Bertz CT molecular complexity index is 1660. The van der Waals surface area contributed by atoms with E-state index >= 15 is 0 Å². The molecular formula is C32H31F6N3O5S. The van der Waals surface area contributed by atoms with Gasteiger partial charge in [0, 0.05) is 23.7 Å². The van der Waals surface area contributed by atoms with Crippen molar-refractivity contribution in [2.24, 2.45) is 0 Å². The van der Waals surface area contributed by atoms with Crippen molar-refractivity contribution in [1.82, 2.24) is 5.32 Å². The molecule has 252 valence electrons. The minimum absolute atomic E-state index is 0.0250. The highest BCUT2D eigenvalue weighted by Crippen LogP contribution is 2.33. The maximum Gasteiger partial charge on any atom is 0.522 e. The number of carbonyl (C=O) groups is 1. The Morgan fingerprint density at radius 3 is 2.19 bits per heavy atom. The van der Waals surface area contributed by atoms with E-state index in [0.29, 0.717) is 11.3 Å². The second-order valence-electron chi connectivity index (χ2n) is 10.8. The molecule has 0 saturated carbocycles. The molecule has 1 fully saturated rings. The molecule has 1 saturated heterocycles. The molecule has 3 aromatic rings. The van der Waals surface area contributed by atoms with Crippen LogP contribution in [0.3, 0.4) is 0 Å². The van der Waals surface area contributed by atoms with Crippen molar-refractivity contribution in [3.05, 3.63) is 89.5 Å². The molecule has 47 heavy (non-hydrogen) atoms. The van der Waals surface area contributed by atoms with Crippen molar-refractivity contribution in [1.29, 1.82) is 5.26 Å². The Morgan fingerprint density at radius 2 is 1.64 bits per heavy atom. The van der Waals surface area contributed by atoms with Gasteiger partial charge < -0.3 is 15.0 Å². The molecular weight excluding hydrogens is 652 g/mol. The van der Waals surface area contributed by atoms with Crippen molar-refractivity contribution in [2.45, 2.75) is 61.8 Å². The first kappa shape index (κ1) is 35.6. The molecule has 8 nitrogen and oxygen atoms in total. The first-order valence-electron chi connectivity index (χ1n) is 14.5. The number of hydrogen-bond acceptors (Lipinski definition) is 7. The third-order valence-electron chi connectivity index (χ3n) is 7.66. The molecule has 3 atom stereocenters. The molecule has 0 aromatic heterocycles. The third-order valence-corrected chi connectivity index (χ3v) is 9.41. The standard InChI is InChI=1S/C32H31F6N3O5S/c1-2-47(43,44)28-13-5-21(6-14-28)29(15-17-39)40-30(42)22-3-9-24(10-4-22)41-20-27(19-25(41)16-18-45-32(36,37)38)46-26-11-7-23(8-12-26)31(33,34)35/h3-14,25,27,29H,2,15-16,18-20H2,1H3,(H,40,42)/t25-,27+,29?/m1/s1. The number of hydrogen-bond donors (Lipinski definition) is 1. The fourth-order valence-electron chi connectivity index (χ4n) is 5.24. The number of carbonyl (C=O) groups excluding carboxylic acids is 1. The molecule has 0 spiro atoms. The van der Waals surface area contributed by atoms with Crippen LogP contribution in [-0.2, 0) is 20.8 Å². The number of amides is 1. The van der Waals surface area contributed by atoms with E-state index in [2.05, 4.69) is 10.1 Å². The summed E-state index contributed by atoms with van der Waals surface area (Å²) in [6.07, 6.45) is -9.73. The molecule has 1 heterocycles. The van der Waals surface area contributed by atoms with E-state index in [9.17, 15) is 44.8 Å². The number of benzene rings is 3. The predicted octanol–water partition coefficient (Wildman–Crippen LogP) is 6.84. The van der Waals surface area contributed by atoms with E-state index in [1.54, 1.807) is 17.0 Å². The number of nitrogens with zero attached hydrogens (tertiary/aromatic N) is 2. The fraction of sp³-hybridized carbons (Fsp3) is 0.375. The van der Waals surface area contributed by atoms with E-state index in [-0.39, 0.29) is 47.8 Å². The highest BCUT2D eigenvalue weighted by Gasteiger charge is 2.36. The lowest BCUT2D eigenvalue weighted by molar-refractivity contribution is -0.324. The zero-order chi connectivity index (χ0) is 34.4. The summed E-state index contributed by atoms with van der Waals surface area (Å²) in [6, 6.07) is 17.1. The summed E-state index contributed by atoms with van der Waals surface area (Å²) in [5.74, 6) is -0.412. The second kappa shape index (κ2) is 14.6. The number of ether oxygens (including phenoxy) is 2. The highest BCUT2D eigenvalue weighted by molar-refractivity contribution is 7.91. The van der Waals surface area contributed by atoms with Gasteiger partial charge in [0.05, 0.1) is 47.9 Å². The summed E-state index contributed by atoms with van der Waals surface area (Å²) in [5, 5.41) is 12.1. The Morgan fingerprint density at radius 1 is 1.00 bits per heavy atom. The second-order valence-corrected chi connectivity index (χ2v) is 13.1. The molecule has 1 N–H and O–H groups in total. The zero-order valence-corrected chi connectivity index (χ0v) is 25.8. The molecule has 15 heteroatoms. The molecule has 4 rings (SSSR count). The van der Waals surface area contributed by atoms with Crippen LogP contribution in [0.5, 0.6) is 5.75 Å². The van der Waals surface area contributed by atoms with E-state index < -0.39 is 58.6 Å². The van der Waals surface area contributed by atoms with Crippen molar-refractivity contribution in [3.63, 3.8) is 0 Å². The van der Waals surface area contributed by atoms with Gasteiger partial charge >= 0.3 is 12.5 Å². The smallest absolute Gasteiger partial charge is 0.489 e. The number of halogens is 6. The first-order valence-corrected chi connectivity index (χ1v) is 16.2. The monoisotopic (exact) mass is 683 g/mol. The van der Waals surface area contributed by atoms with Crippen LogP contribution in [0.1, 0.15) is 53.7 Å². The minimum atomic E-state index is -4.81. The van der Waals surface area contributed by atoms with Crippen LogP contribution >= 0.6 is 0 Å². The van der Waals surface area contributed by atoms with Crippen molar-refractivity contribution >= 4 is 21.4 Å². The van der Waals surface area contributed by atoms with Gasteiger partial charge in [-0.3, -0.25) is 9.53 Å². The number of rotatable bonds is 12. The number of alkyl halides is 6. The van der Waals surface area contributed by atoms with Crippen LogP contribution < -0.4 is 15.0 Å². The molecule has 0 aliphatic carbocycles. The van der Waals surface area contributed by atoms with Crippen molar-refractivity contribution < 1.29 is 49.0 Å². The predicted molar refractivity (Wildman–Crippen MR) is 159 cm³/mol. The van der Waals surface area contributed by atoms with Crippen LogP contribution in [0.4, 0.5) is 32.0 Å². The van der Waals surface area contributed by atoms with E-state index in [1.807, 2.05) is 6.07 Å². The molecule has 0 radical (unpaired) electrons. The summed E-state index contributed by atoms with van der Waals surface area (Å²) in [6.45, 7) is 1.11. The Hall–Kier alpha value is -4.29. The van der Waals surface area contributed by atoms with Crippen LogP contribution in [0.25, 0.3) is 0 Å². The van der Waals surface area contributed by atoms with Crippen LogP contribution in [0.2, 0.25) is 0 Å². The average molecular weight is 684 g/mol. The van der Waals surface area contributed by atoms with E-state index in [4.69, 9.17) is 4.74 Å². The van der Waals surface area contributed by atoms with Gasteiger partial charge in [-0.15, -0.1) is 13.2 Å². The third kappa shape index (κ3) is 9.61. The number of nitrogens with one attached hydrogen (secondary N) is 1. The summed E-state index contributed by atoms with van der Waals surface area (Å²) >= 11 is 0. The van der Waals surface area contributed by atoms with Gasteiger partial charge in [0.1, 0.15) is 11.9 Å².